The van der Waals surface area contributed by atoms with Crippen molar-refractivity contribution in [2.75, 3.05) is 13.1 Å². The van der Waals surface area contributed by atoms with Crippen LogP contribution >= 0.6 is 0 Å². The van der Waals surface area contributed by atoms with Crippen LogP contribution in [-0.2, 0) is 0 Å². The van der Waals surface area contributed by atoms with Crippen LogP contribution in [-0.4, -0.2) is 13.1 Å². The summed E-state index contributed by atoms with van der Waals surface area (Å²) in [5.41, 5.74) is 0.447. The third-order valence-electron chi connectivity index (χ3n) is 3.84. The third kappa shape index (κ3) is 4.00. The summed E-state index contributed by atoms with van der Waals surface area (Å²) in [6, 6.07) is 0. The van der Waals surface area contributed by atoms with E-state index >= 15 is 0 Å². The molecule has 1 heteroatoms. The molecule has 1 atom stereocenters. The van der Waals surface area contributed by atoms with Gasteiger partial charge in [0.15, 0.2) is 0 Å². The van der Waals surface area contributed by atoms with E-state index in [-0.39, 0.29) is 0 Å². The van der Waals surface area contributed by atoms with Crippen molar-refractivity contribution in [3.63, 3.8) is 0 Å². The molecule has 0 bridgehead atoms. The quantitative estimate of drug-likeness (QED) is 0.728. The lowest BCUT2D eigenvalue weighted by molar-refractivity contribution is 0.249. The van der Waals surface area contributed by atoms with Crippen LogP contribution in [0.4, 0.5) is 0 Å². The van der Waals surface area contributed by atoms with Crippen LogP contribution in [0.5, 0.6) is 0 Å². The Labute approximate surface area is 89.7 Å². The smallest absolute Gasteiger partial charge is 0.00180 e. The Morgan fingerprint density at radius 3 is 2.29 bits per heavy atom. The van der Waals surface area contributed by atoms with Crippen molar-refractivity contribution in [3.8, 4) is 0 Å². The van der Waals surface area contributed by atoms with Crippen LogP contribution in [0.25, 0.3) is 0 Å². The van der Waals surface area contributed by atoms with Gasteiger partial charge in [-0.2, -0.15) is 0 Å². The van der Waals surface area contributed by atoms with Crippen molar-refractivity contribution in [3.05, 3.63) is 0 Å². The second-order valence-corrected chi connectivity index (χ2v) is 6.08. The highest BCUT2D eigenvalue weighted by Crippen LogP contribution is 2.26. The molecule has 0 saturated heterocycles. The summed E-state index contributed by atoms with van der Waals surface area (Å²) in [5, 5.41) is 3.63. The molecule has 84 valence electrons. The Kier molecular flexibility index (Phi) is 4.43. The average Bonchev–Trinajstić information content (AvgIpc) is 2.55. The van der Waals surface area contributed by atoms with Gasteiger partial charge in [0.25, 0.3) is 0 Å². The Hall–Kier alpha value is -0.0400. The zero-order valence-electron chi connectivity index (χ0n) is 10.4. The van der Waals surface area contributed by atoms with E-state index in [1.807, 2.05) is 0 Å². The molecule has 0 aromatic carbocycles. The standard InChI is InChI=1S/C13H27N/c1-11(13(2,3)4)9-14-10-12-7-5-6-8-12/h11-12,14H,5-10H2,1-4H3. The molecule has 1 rings (SSSR count). The molecule has 0 aromatic heterocycles. The lowest BCUT2D eigenvalue weighted by Crippen LogP contribution is -2.32. The summed E-state index contributed by atoms with van der Waals surface area (Å²) in [6.07, 6.45) is 5.83. The highest BCUT2D eigenvalue weighted by atomic mass is 14.9. The van der Waals surface area contributed by atoms with Gasteiger partial charge in [0.1, 0.15) is 0 Å². The van der Waals surface area contributed by atoms with Crippen molar-refractivity contribution in [1.82, 2.24) is 5.32 Å². The minimum absolute atomic E-state index is 0.447. The van der Waals surface area contributed by atoms with Gasteiger partial charge in [-0.05, 0) is 43.2 Å². The van der Waals surface area contributed by atoms with Crippen LogP contribution in [0.15, 0.2) is 0 Å². The molecule has 0 spiro atoms. The van der Waals surface area contributed by atoms with Gasteiger partial charge in [0.2, 0.25) is 0 Å². The van der Waals surface area contributed by atoms with E-state index in [1.54, 1.807) is 0 Å². The third-order valence-corrected chi connectivity index (χ3v) is 3.84. The normalized spacial score (nSPS) is 21.4. The van der Waals surface area contributed by atoms with Crippen molar-refractivity contribution < 1.29 is 0 Å². The van der Waals surface area contributed by atoms with Crippen molar-refractivity contribution in [2.45, 2.75) is 53.4 Å². The molecule has 1 nitrogen and oxygen atoms in total. The number of hydrogen-bond acceptors (Lipinski definition) is 1. The van der Waals surface area contributed by atoms with Crippen LogP contribution in [0.3, 0.4) is 0 Å². The number of rotatable bonds is 4. The van der Waals surface area contributed by atoms with Crippen LogP contribution in [0, 0.1) is 17.3 Å². The molecule has 0 amide bonds. The van der Waals surface area contributed by atoms with Crippen LogP contribution in [0.1, 0.15) is 53.4 Å². The van der Waals surface area contributed by atoms with E-state index in [1.165, 1.54) is 38.8 Å². The van der Waals surface area contributed by atoms with Gasteiger partial charge >= 0.3 is 0 Å². The first-order valence-electron chi connectivity index (χ1n) is 6.21. The lowest BCUT2D eigenvalue weighted by atomic mass is 9.82. The van der Waals surface area contributed by atoms with Gasteiger partial charge in [-0.1, -0.05) is 40.5 Å². The zero-order chi connectivity index (χ0) is 10.6. The molecule has 0 aromatic rings. The molecule has 0 radical (unpaired) electrons. The molecular weight excluding hydrogens is 170 g/mol. The molecule has 1 aliphatic rings. The molecule has 1 fully saturated rings. The van der Waals surface area contributed by atoms with Crippen molar-refractivity contribution in [2.24, 2.45) is 17.3 Å². The number of nitrogens with one attached hydrogen (secondary N) is 1. The first kappa shape index (κ1) is 12.0. The summed E-state index contributed by atoms with van der Waals surface area (Å²) in [5.74, 6) is 1.74. The van der Waals surface area contributed by atoms with E-state index in [0.29, 0.717) is 5.41 Å². The summed E-state index contributed by atoms with van der Waals surface area (Å²) in [4.78, 5) is 0. The minimum atomic E-state index is 0.447. The fourth-order valence-electron chi connectivity index (χ4n) is 2.02. The highest BCUT2D eigenvalue weighted by Gasteiger charge is 2.20. The summed E-state index contributed by atoms with van der Waals surface area (Å²) in [7, 11) is 0. The predicted octanol–water partition coefficient (Wildman–Crippen LogP) is 3.45. The van der Waals surface area contributed by atoms with E-state index in [9.17, 15) is 0 Å². The van der Waals surface area contributed by atoms with Crippen molar-refractivity contribution in [1.29, 1.82) is 0 Å². The van der Waals surface area contributed by atoms with Gasteiger partial charge in [0.05, 0.1) is 0 Å². The fraction of sp³-hybridized carbons (Fsp3) is 1.00. The first-order valence-corrected chi connectivity index (χ1v) is 6.21. The maximum absolute atomic E-state index is 3.63. The monoisotopic (exact) mass is 197 g/mol. The topological polar surface area (TPSA) is 12.0 Å². The molecule has 0 heterocycles. The van der Waals surface area contributed by atoms with Gasteiger partial charge in [-0.25, -0.2) is 0 Å². The maximum Gasteiger partial charge on any atom is -0.00180 e. The zero-order valence-corrected chi connectivity index (χ0v) is 10.4. The Balaban J connectivity index is 2.08. The van der Waals surface area contributed by atoms with E-state index in [0.717, 1.165) is 11.8 Å². The second-order valence-electron chi connectivity index (χ2n) is 6.08. The van der Waals surface area contributed by atoms with E-state index in [4.69, 9.17) is 0 Å². The van der Waals surface area contributed by atoms with Crippen LogP contribution < -0.4 is 5.32 Å². The summed E-state index contributed by atoms with van der Waals surface area (Å²) < 4.78 is 0. The molecule has 1 unspecified atom stereocenters. The Morgan fingerprint density at radius 1 is 1.21 bits per heavy atom. The lowest BCUT2D eigenvalue weighted by Gasteiger charge is -2.28. The Morgan fingerprint density at radius 2 is 1.79 bits per heavy atom. The summed E-state index contributed by atoms with van der Waals surface area (Å²) >= 11 is 0. The minimum Gasteiger partial charge on any atom is -0.316 e. The van der Waals surface area contributed by atoms with Crippen molar-refractivity contribution >= 4 is 0 Å². The fourth-order valence-corrected chi connectivity index (χ4v) is 2.02. The molecule has 1 saturated carbocycles. The Bertz CT molecular complexity index is 151. The molecule has 14 heavy (non-hydrogen) atoms. The highest BCUT2D eigenvalue weighted by molar-refractivity contribution is 4.74. The molecule has 1 N–H and O–H groups in total. The number of hydrogen-bond donors (Lipinski definition) is 1. The predicted molar refractivity (Wildman–Crippen MR) is 63.4 cm³/mol. The first-order chi connectivity index (χ1) is 6.50. The van der Waals surface area contributed by atoms with Gasteiger partial charge in [0, 0.05) is 0 Å². The van der Waals surface area contributed by atoms with Crippen LogP contribution in [0.2, 0.25) is 0 Å². The molecular formula is C13H27N. The van der Waals surface area contributed by atoms with E-state index in [2.05, 4.69) is 33.0 Å². The summed E-state index contributed by atoms with van der Waals surface area (Å²) in [6.45, 7) is 11.8. The average molecular weight is 197 g/mol. The molecule has 1 aliphatic carbocycles. The second kappa shape index (κ2) is 5.16. The molecule has 0 aliphatic heterocycles. The van der Waals surface area contributed by atoms with E-state index < -0.39 is 0 Å². The van der Waals surface area contributed by atoms with Gasteiger partial charge in [-0.15, -0.1) is 0 Å². The maximum atomic E-state index is 3.63. The SMILES string of the molecule is CC(CNCC1CCCC1)C(C)(C)C. The van der Waals surface area contributed by atoms with Gasteiger partial charge < -0.3 is 5.32 Å². The largest absolute Gasteiger partial charge is 0.316 e. The van der Waals surface area contributed by atoms with Gasteiger partial charge in [-0.3, -0.25) is 0 Å².